The number of aliphatic hydroxyl groups is 1. The first-order valence-corrected chi connectivity index (χ1v) is 7.88. The van der Waals surface area contributed by atoms with Gasteiger partial charge in [-0.05, 0) is 43.9 Å². The Morgan fingerprint density at radius 2 is 1.90 bits per heavy atom. The highest BCUT2D eigenvalue weighted by Gasteiger charge is 2.34. The molecule has 0 unspecified atom stereocenters. The van der Waals surface area contributed by atoms with Gasteiger partial charge in [-0.3, -0.25) is 0 Å². The summed E-state index contributed by atoms with van der Waals surface area (Å²) in [5, 5.41) is 9.87. The van der Waals surface area contributed by atoms with Gasteiger partial charge >= 0.3 is 0 Å². The summed E-state index contributed by atoms with van der Waals surface area (Å²) in [7, 11) is 2.18. The van der Waals surface area contributed by atoms with Gasteiger partial charge in [-0.25, -0.2) is 0 Å². The molecule has 0 aliphatic heterocycles. The van der Waals surface area contributed by atoms with Crippen LogP contribution in [0.25, 0.3) is 0 Å². The van der Waals surface area contributed by atoms with Crippen molar-refractivity contribution in [3.8, 4) is 0 Å². The molecule has 1 aliphatic carbocycles. The summed E-state index contributed by atoms with van der Waals surface area (Å²) in [4.78, 5) is 2.38. The summed E-state index contributed by atoms with van der Waals surface area (Å²) in [6, 6.07) is 8.59. The minimum atomic E-state index is 0.129. The highest BCUT2D eigenvalue weighted by atomic mass is 16.3. The Hall–Kier alpha value is -0.860. The largest absolute Gasteiger partial charge is 0.396 e. The number of aliphatic hydroxyl groups excluding tert-OH is 1. The first-order chi connectivity index (χ1) is 9.54. The van der Waals surface area contributed by atoms with Gasteiger partial charge in [0.15, 0.2) is 0 Å². The summed E-state index contributed by atoms with van der Waals surface area (Å²) >= 11 is 0. The van der Waals surface area contributed by atoms with Crippen LogP contribution in [0.1, 0.15) is 43.7 Å². The number of benzene rings is 1. The van der Waals surface area contributed by atoms with Crippen LogP contribution in [-0.2, 0) is 6.54 Å². The molecule has 2 heteroatoms. The van der Waals surface area contributed by atoms with Crippen LogP contribution in [0.2, 0.25) is 0 Å². The number of hydrogen-bond acceptors (Lipinski definition) is 2. The molecular weight excluding hydrogens is 246 g/mol. The first-order valence-electron chi connectivity index (χ1n) is 7.88. The lowest BCUT2D eigenvalue weighted by Crippen LogP contribution is -2.40. The van der Waals surface area contributed by atoms with E-state index in [1.807, 2.05) is 0 Å². The maximum atomic E-state index is 9.87. The summed E-state index contributed by atoms with van der Waals surface area (Å²) < 4.78 is 0. The van der Waals surface area contributed by atoms with Crippen LogP contribution in [0.3, 0.4) is 0 Å². The van der Waals surface area contributed by atoms with Crippen molar-refractivity contribution >= 4 is 0 Å². The summed E-state index contributed by atoms with van der Waals surface area (Å²) in [5.74, 6) is 0.830. The number of nitrogens with zero attached hydrogens (tertiary/aromatic N) is 1. The molecule has 0 radical (unpaired) electrons. The Morgan fingerprint density at radius 1 is 1.25 bits per heavy atom. The predicted molar refractivity (Wildman–Crippen MR) is 84.7 cm³/mol. The lowest BCUT2D eigenvalue weighted by atomic mass is 9.71. The van der Waals surface area contributed by atoms with Gasteiger partial charge in [0.2, 0.25) is 0 Å². The van der Waals surface area contributed by atoms with Crippen LogP contribution in [0, 0.1) is 18.3 Å². The molecule has 0 saturated heterocycles. The zero-order chi connectivity index (χ0) is 14.6. The number of rotatable bonds is 5. The normalized spacial score (nSPS) is 26.9. The Kier molecular flexibility index (Phi) is 5.22. The summed E-state index contributed by atoms with van der Waals surface area (Å²) in [5.41, 5.74) is 2.88. The highest BCUT2D eigenvalue weighted by Crippen LogP contribution is 2.39. The molecule has 1 aromatic rings. The Labute approximate surface area is 123 Å². The molecule has 1 saturated carbocycles. The first kappa shape index (κ1) is 15.5. The van der Waals surface area contributed by atoms with Gasteiger partial charge in [0.05, 0.1) is 0 Å². The molecule has 0 amide bonds. The number of hydrogen-bond donors (Lipinski definition) is 1. The fourth-order valence-corrected chi connectivity index (χ4v) is 3.45. The minimum absolute atomic E-state index is 0.129. The maximum Gasteiger partial charge on any atom is 0.0499 e. The third-order valence-electron chi connectivity index (χ3n) is 4.98. The average molecular weight is 275 g/mol. The molecule has 20 heavy (non-hydrogen) atoms. The van der Waals surface area contributed by atoms with Gasteiger partial charge in [0, 0.05) is 25.1 Å². The van der Waals surface area contributed by atoms with Crippen LogP contribution in [0.15, 0.2) is 24.3 Å². The van der Waals surface area contributed by atoms with Crippen molar-refractivity contribution in [2.24, 2.45) is 11.3 Å². The molecule has 2 rings (SSSR count). The molecule has 0 bridgehead atoms. The third kappa shape index (κ3) is 3.83. The topological polar surface area (TPSA) is 23.5 Å². The molecule has 0 aromatic heterocycles. The smallest absolute Gasteiger partial charge is 0.0499 e. The van der Waals surface area contributed by atoms with Gasteiger partial charge in [-0.2, -0.15) is 0 Å². The van der Waals surface area contributed by atoms with E-state index >= 15 is 0 Å². The molecule has 0 spiro atoms. The van der Waals surface area contributed by atoms with E-state index in [2.05, 4.69) is 50.1 Å². The van der Waals surface area contributed by atoms with Crippen LogP contribution < -0.4 is 0 Å². The molecule has 1 aromatic carbocycles. The van der Waals surface area contributed by atoms with Crippen molar-refractivity contribution in [3.05, 3.63) is 35.4 Å². The highest BCUT2D eigenvalue weighted by molar-refractivity contribution is 5.25. The Morgan fingerprint density at radius 3 is 2.50 bits per heavy atom. The average Bonchev–Trinajstić information content (AvgIpc) is 2.44. The van der Waals surface area contributed by atoms with E-state index in [9.17, 15) is 5.11 Å². The van der Waals surface area contributed by atoms with Gasteiger partial charge in [0.25, 0.3) is 0 Å². The van der Waals surface area contributed by atoms with Crippen LogP contribution in [0.5, 0.6) is 0 Å². The summed E-state index contributed by atoms with van der Waals surface area (Å²) in [6.07, 6.45) is 4.86. The second kappa shape index (κ2) is 6.73. The Balaban J connectivity index is 1.96. The lowest BCUT2D eigenvalue weighted by molar-refractivity contribution is 0.0346. The van der Waals surface area contributed by atoms with Crippen molar-refractivity contribution in [2.75, 3.05) is 20.2 Å². The van der Waals surface area contributed by atoms with E-state index in [1.165, 1.54) is 36.8 Å². The predicted octanol–water partition coefficient (Wildman–Crippen LogP) is 3.62. The Bertz CT molecular complexity index is 421. The monoisotopic (exact) mass is 275 g/mol. The van der Waals surface area contributed by atoms with Crippen molar-refractivity contribution in [3.63, 3.8) is 0 Å². The maximum absolute atomic E-state index is 9.87. The standard InChI is InChI=1S/C18H29NO/c1-15-8-10-18(14-20,11-9-15)13-19(3)12-17-7-5-4-6-16(17)2/h4-7,15,20H,8-14H2,1-3H3. The molecule has 1 aliphatic rings. The van der Waals surface area contributed by atoms with E-state index in [0.717, 1.165) is 19.0 Å². The van der Waals surface area contributed by atoms with E-state index in [0.29, 0.717) is 6.61 Å². The van der Waals surface area contributed by atoms with Crippen LogP contribution in [0.4, 0.5) is 0 Å². The van der Waals surface area contributed by atoms with Crippen LogP contribution in [-0.4, -0.2) is 30.2 Å². The van der Waals surface area contributed by atoms with Crippen molar-refractivity contribution < 1.29 is 5.11 Å². The molecular formula is C18H29NO. The molecule has 0 heterocycles. The van der Waals surface area contributed by atoms with E-state index < -0.39 is 0 Å². The quantitative estimate of drug-likeness (QED) is 0.887. The molecule has 0 atom stereocenters. The SMILES string of the molecule is Cc1ccccc1CN(C)CC1(CO)CCC(C)CC1. The minimum Gasteiger partial charge on any atom is -0.396 e. The van der Waals surface area contributed by atoms with Gasteiger partial charge in [0.1, 0.15) is 0 Å². The van der Waals surface area contributed by atoms with Gasteiger partial charge in [-0.1, -0.05) is 44.0 Å². The molecule has 1 fully saturated rings. The fourth-order valence-electron chi connectivity index (χ4n) is 3.45. The zero-order valence-electron chi connectivity index (χ0n) is 13.2. The molecule has 1 N–H and O–H groups in total. The third-order valence-corrected chi connectivity index (χ3v) is 4.98. The second-order valence-electron chi connectivity index (χ2n) is 6.94. The summed E-state index contributed by atoms with van der Waals surface area (Å²) in [6.45, 7) is 6.82. The fraction of sp³-hybridized carbons (Fsp3) is 0.667. The van der Waals surface area contributed by atoms with Crippen molar-refractivity contribution in [2.45, 2.75) is 46.1 Å². The van der Waals surface area contributed by atoms with Crippen molar-refractivity contribution in [1.29, 1.82) is 0 Å². The van der Waals surface area contributed by atoms with E-state index in [-0.39, 0.29) is 5.41 Å². The van der Waals surface area contributed by atoms with Gasteiger partial charge in [-0.15, -0.1) is 0 Å². The van der Waals surface area contributed by atoms with Crippen LogP contribution >= 0.6 is 0 Å². The second-order valence-corrected chi connectivity index (χ2v) is 6.94. The zero-order valence-corrected chi connectivity index (χ0v) is 13.2. The van der Waals surface area contributed by atoms with E-state index in [1.54, 1.807) is 0 Å². The van der Waals surface area contributed by atoms with Gasteiger partial charge < -0.3 is 10.0 Å². The lowest BCUT2D eigenvalue weighted by Gasteiger charge is -2.40. The van der Waals surface area contributed by atoms with E-state index in [4.69, 9.17) is 0 Å². The molecule has 2 nitrogen and oxygen atoms in total. The van der Waals surface area contributed by atoms with Crippen molar-refractivity contribution in [1.82, 2.24) is 4.90 Å². The molecule has 112 valence electrons. The number of aryl methyl sites for hydroxylation is 1.